The minimum atomic E-state index is 0.472. The predicted molar refractivity (Wildman–Crippen MR) is 119 cm³/mol. The Kier molecular flexibility index (Phi) is 4.75. The standard InChI is InChI=1S/C24H25N3S/c1-17(18-5-4-9-25-12-18)27-15-23(22-6-2-3-7-24(22)27)21-11-20(13-26-14-21)19-8-10-28-16-19/h2-3,6-8,10-11,13-18,25H,4-5,9,12H2,1H3. The summed E-state index contributed by atoms with van der Waals surface area (Å²) in [4.78, 5) is 4.55. The minimum Gasteiger partial charge on any atom is -0.344 e. The van der Waals surface area contributed by atoms with Gasteiger partial charge in [0.1, 0.15) is 0 Å². The van der Waals surface area contributed by atoms with Crippen LogP contribution in [0.25, 0.3) is 33.2 Å². The molecular formula is C24H25N3S. The maximum absolute atomic E-state index is 4.55. The lowest BCUT2D eigenvalue weighted by Crippen LogP contribution is -2.34. The van der Waals surface area contributed by atoms with Crippen molar-refractivity contribution in [2.45, 2.75) is 25.8 Å². The van der Waals surface area contributed by atoms with E-state index in [0.717, 1.165) is 13.1 Å². The van der Waals surface area contributed by atoms with Crippen LogP contribution in [-0.2, 0) is 0 Å². The third kappa shape index (κ3) is 3.17. The van der Waals surface area contributed by atoms with Crippen molar-refractivity contribution in [2.24, 2.45) is 5.92 Å². The van der Waals surface area contributed by atoms with Gasteiger partial charge in [0.05, 0.1) is 0 Å². The minimum absolute atomic E-state index is 0.472. The molecule has 1 aromatic carbocycles. The fraction of sp³-hybridized carbons (Fsp3) is 0.292. The van der Waals surface area contributed by atoms with E-state index in [1.54, 1.807) is 11.3 Å². The van der Waals surface area contributed by atoms with E-state index in [2.05, 4.69) is 75.1 Å². The third-order valence-electron chi connectivity index (χ3n) is 6.10. The van der Waals surface area contributed by atoms with Crippen LogP contribution >= 0.6 is 11.3 Å². The van der Waals surface area contributed by atoms with E-state index >= 15 is 0 Å². The van der Waals surface area contributed by atoms with Gasteiger partial charge >= 0.3 is 0 Å². The molecule has 4 heteroatoms. The van der Waals surface area contributed by atoms with Crippen LogP contribution in [-0.4, -0.2) is 22.6 Å². The molecular weight excluding hydrogens is 362 g/mol. The van der Waals surface area contributed by atoms with Crippen LogP contribution in [0, 0.1) is 5.92 Å². The molecule has 2 atom stereocenters. The normalized spacial score (nSPS) is 18.4. The molecule has 0 bridgehead atoms. The molecule has 0 spiro atoms. The zero-order chi connectivity index (χ0) is 18.9. The molecule has 0 amide bonds. The molecule has 0 saturated carbocycles. The topological polar surface area (TPSA) is 29.9 Å². The summed E-state index contributed by atoms with van der Waals surface area (Å²) in [7, 11) is 0. The number of para-hydroxylation sites is 1. The van der Waals surface area contributed by atoms with Crippen LogP contribution in [0.1, 0.15) is 25.8 Å². The van der Waals surface area contributed by atoms with Crippen LogP contribution in [0.15, 0.2) is 65.7 Å². The molecule has 1 fully saturated rings. The van der Waals surface area contributed by atoms with Crippen LogP contribution in [0.3, 0.4) is 0 Å². The Morgan fingerprint density at radius 1 is 1.14 bits per heavy atom. The van der Waals surface area contributed by atoms with Crippen molar-refractivity contribution in [2.75, 3.05) is 13.1 Å². The molecule has 1 aliphatic heterocycles. The van der Waals surface area contributed by atoms with Crippen LogP contribution in [0.2, 0.25) is 0 Å². The Bertz CT molecular complexity index is 1070. The van der Waals surface area contributed by atoms with Gasteiger partial charge < -0.3 is 9.88 Å². The molecule has 28 heavy (non-hydrogen) atoms. The number of hydrogen-bond donors (Lipinski definition) is 1. The summed E-state index contributed by atoms with van der Waals surface area (Å²) in [6.45, 7) is 4.63. The number of nitrogens with one attached hydrogen (secondary N) is 1. The first-order chi connectivity index (χ1) is 13.8. The third-order valence-corrected chi connectivity index (χ3v) is 6.78. The predicted octanol–water partition coefficient (Wildman–Crippen LogP) is 5.99. The smallest absolute Gasteiger partial charge is 0.0489 e. The quantitative estimate of drug-likeness (QED) is 0.466. The van der Waals surface area contributed by atoms with E-state index in [4.69, 9.17) is 0 Å². The van der Waals surface area contributed by atoms with Crippen molar-refractivity contribution >= 4 is 22.2 Å². The van der Waals surface area contributed by atoms with Crippen molar-refractivity contribution in [3.05, 3.63) is 65.7 Å². The molecule has 3 aromatic heterocycles. The molecule has 5 rings (SSSR count). The number of hydrogen-bond acceptors (Lipinski definition) is 3. The van der Waals surface area contributed by atoms with Gasteiger partial charge in [0, 0.05) is 52.2 Å². The highest BCUT2D eigenvalue weighted by atomic mass is 32.1. The van der Waals surface area contributed by atoms with Crippen molar-refractivity contribution in [3.8, 4) is 22.3 Å². The number of aromatic nitrogens is 2. The summed E-state index contributed by atoms with van der Waals surface area (Å²) in [6, 6.07) is 13.7. The average Bonchev–Trinajstić information content (AvgIpc) is 3.42. The van der Waals surface area contributed by atoms with Gasteiger partial charge in [0.2, 0.25) is 0 Å². The summed E-state index contributed by atoms with van der Waals surface area (Å²) < 4.78 is 2.49. The molecule has 0 aliphatic carbocycles. The molecule has 1 saturated heterocycles. The van der Waals surface area contributed by atoms with Gasteiger partial charge in [-0.2, -0.15) is 11.3 Å². The number of fused-ring (bicyclic) bond motifs is 1. The number of nitrogens with zero attached hydrogens (tertiary/aromatic N) is 2. The van der Waals surface area contributed by atoms with Gasteiger partial charge in [-0.3, -0.25) is 4.98 Å². The van der Waals surface area contributed by atoms with Gasteiger partial charge in [-0.25, -0.2) is 0 Å². The Labute approximate surface area is 170 Å². The Morgan fingerprint density at radius 3 is 2.86 bits per heavy atom. The molecule has 1 aliphatic rings. The molecule has 142 valence electrons. The number of pyridine rings is 1. The maximum Gasteiger partial charge on any atom is 0.0489 e. The molecule has 3 nitrogen and oxygen atoms in total. The number of piperidine rings is 1. The average molecular weight is 388 g/mol. The van der Waals surface area contributed by atoms with Crippen LogP contribution < -0.4 is 5.32 Å². The first-order valence-corrected chi connectivity index (χ1v) is 11.0. The van der Waals surface area contributed by atoms with Crippen molar-refractivity contribution in [1.82, 2.24) is 14.9 Å². The van der Waals surface area contributed by atoms with Gasteiger partial charge in [-0.15, -0.1) is 0 Å². The second-order valence-electron chi connectivity index (χ2n) is 7.79. The number of thiophene rings is 1. The Balaban J connectivity index is 1.60. The van der Waals surface area contributed by atoms with E-state index in [-0.39, 0.29) is 0 Å². The lowest BCUT2D eigenvalue weighted by Gasteiger charge is -2.30. The lowest BCUT2D eigenvalue weighted by molar-refractivity contribution is 0.284. The highest BCUT2D eigenvalue weighted by Crippen LogP contribution is 2.36. The van der Waals surface area contributed by atoms with Crippen LogP contribution in [0.4, 0.5) is 0 Å². The highest BCUT2D eigenvalue weighted by molar-refractivity contribution is 7.08. The summed E-state index contributed by atoms with van der Waals surface area (Å²) in [6.07, 6.45) is 8.87. The summed E-state index contributed by atoms with van der Waals surface area (Å²) >= 11 is 1.72. The van der Waals surface area contributed by atoms with Crippen molar-refractivity contribution < 1.29 is 0 Å². The molecule has 4 heterocycles. The first kappa shape index (κ1) is 17.7. The first-order valence-electron chi connectivity index (χ1n) is 10.1. The van der Waals surface area contributed by atoms with E-state index < -0.39 is 0 Å². The molecule has 0 radical (unpaired) electrons. The Hall–Kier alpha value is -2.43. The second kappa shape index (κ2) is 7.53. The van der Waals surface area contributed by atoms with Crippen molar-refractivity contribution in [3.63, 3.8) is 0 Å². The fourth-order valence-corrected chi connectivity index (χ4v) is 5.13. The maximum atomic E-state index is 4.55. The van der Waals surface area contributed by atoms with Gasteiger partial charge in [0.15, 0.2) is 0 Å². The summed E-state index contributed by atoms with van der Waals surface area (Å²) in [5.41, 5.74) is 6.20. The Morgan fingerprint density at radius 2 is 2.04 bits per heavy atom. The summed E-state index contributed by atoms with van der Waals surface area (Å²) in [5, 5.41) is 9.18. The number of rotatable bonds is 4. The zero-order valence-corrected chi connectivity index (χ0v) is 17.0. The SMILES string of the molecule is CC(C1CCCNC1)n1cc(-c2cncc(-c3ccsc3)c2)c2ccccc21. The van der Waals surface area contributed by atoms with E-state index in [1.807, 2.05) is 12.4 Å². The number of benzene rings is 1. The lowest BCUT2D eigenvalue weighted by atomic mass is 9.92. The fourth-order valence-electron chi connectivity index (χ4n) is 4.46. The second-order valence-corrected chi connectivity index (χ2v) is 8.57. The van der Waals surface area contributed by atoms with E-state index in [0.29, 0.717) is 12.0 Å². The van der Waals surface area contributed by atoms with Gasteiger partial charge in [0.25, 0.3) is 0 Å². The van der Waals surface area contributed by atoms with E-state index in [1.165, 1.54) is 46.0 Å². The van der Waals surface area contributed by atoms with E-state index in [9.17, 15) is 0 Å². The summed E-state index contributed by atoms with van der Waals surface area (Å²) in [5.74, 6) is 0.674. The molecule has 2 unspecified atom stereocenters. The van der Waals surface area contributed by atoms with Gasteiger partial charge in [-0.05, 0) is 73.3 Å². The largest absolute Gasteiger partial charge is 0.344 e. The van der Waals surface area contributed by atoms with Gasteiger partial charge in [-0.1, -0.05) is 18.2 Å². The van der Waals surface area contributed by atoms with Crippen LogP contribution in [0.5, 0.6) is 0 Å². The molecule has 1 N–H and O–H groups in total. The monoisotopic (exact) mass is 387 g/mol. The molecule has 4 aromatic rings. The highest BCUT2D eigenvalue weighted by Gasteiger charge is 2.23. The zero-order valence-electron chi connectivity index (χ0n) is 16.1. The van der Waals surface area contributed by atoms with Crippen molar-refractivity contribution in [1.29, 1.82) is 0 Å².